The Morgan fingerprint density at radius 1 is 0.344 bits per heavy atom. The third-order valence-electron chi connectivity index (χ3n) is 18.3. The van der Waals surface area contributed by atoms with Gasteiger partial charge in [0.25, 0.3) is 0 Å². The average molecular weight is 2350 g/mol. The summed E-state index contributed by atoms with van der Waals surface area (Å²) in [6.07, 6.45) is 15.5. The van der Waals surface area contributed by atoms with E-state index in [4.69, 9.17) is 14.6 Å². The Balaban J connectivity index is 0.000000225. The predicted molar refractivity (Wildman–Crippen MR) is 496 cm³/mol. The van der Waals surface area contributed by atoms with Crippen LogP contribution in [0.2, 0.25) is 0 Å². The van der Waals surface area contributed by atoms with Crippen molar-refractivity contribution in [3.05, 3.63) is 434 Å². The molecule has 0 fully saturated rings. The van der Waals surface area contributed by atoms with Gasteiger partial charge in [0.15, 0.2) is 11.6 Å². The summed E-state index contributed by atoms with van der Waals surface area (Å²) >= 11 is 0. The zero-order chi connectivity index (χ0) is 85.7. The van der Waals surface area contributed by atoms with Crippen LogP contribution in [0.15, 0.2) is 369 Å². The van der Waals surface area contributed by atoms with Gasteiger partial charge in [-0.2, -0.15) is 0 Å². The Kier molecular flexibility index (Phi) is 43.8. The fourth-order valence-corrected chi connectivity index (χ4v) is 12.8. The van der Waals surface area contributed by atoms with Crippen molar-refractivity contribution in [2.24, 2.45) is 5.92 Å². The fourth-order valence-electron chi connectivity index (χ4n) is 12.8. The van der Waals surface area contributed by atoms with Gasteiger partial charge in [-0.05, 0) is 171 Å². The fraction of sp³-hybridized carbons (Fsp3) is 0.127. The van der Waals surface area contributed by atoms with Crippen molar-refractivity contribution in [1.29, 1.82) is 0 Å². The number of hydrogen-bond acceptors (Lipinski definition) is 11. The first-order chi connectivity index (χ1) is 58.7. The average Bonchev–Trinajstić information content (AvgIpc) is 1.61. The summed E-state index contributed by atoms with van der Waals surface area (Å²) in [6, 6.07) is 121. The Morgan fingerprint density at radius 3 is 1.25 bits per heavy atom. The van der Waals surface area contributed by atoms with Crippen LogP contribution in [-0.4, -0.2) is 51.7 Å². The number of aryl methyl sites for hydroxylation is 5. The van der Waals surface area contributed by atoms with Gasteiger partial charge in [0.05, 0.1) is 17.1 Å². The normalized spacial score (nSPS) is 10.3. The number of fused-ring (bicyclic) bond motifs is 3. The van der Waals surface area contributed by atoms with Crippen molar-refractivity contribution in [3.8, 4) is 101 Å². The van der Waals surface area contributed by atoms with E-state index in [1.165, 1.54) is 112 Å². The van der Waals surface area contributed by atoms with Crippen LogP contribution in [0, 0.1) is 70.0 Å². The number of para-hydroxylation sites is 1. The van der Waals surface area contributed by atoms with E-state index in [0.717, 1.165) is 96.9 Å². The number of carbonyl (C=O) groups is 2. The SMILES string of the molecule is CC(=O)C=C(C)O.CC(=O)C=C(C)O.CC(C)Cc1cccc2c1oc1c(-c3ccccn3)[c-]ccc12.CCc1cc(-c2[c-]cccc2)ncc1-c1ccccc1.Cc1cc(C)cc(-c2ccnc(-c3[c-]cccc3)c2)c1.Cc1ccc(-c2[c-]ccc(-c3ccccc3)c2)nc1.Cc1ccc(-c2[c-]cccc2)nc1.[Ir].[Ir].[Ir].[Ir].[c-]1ccccc1-c1ccccn1. The Hall–Kier alpha value is -12.1. The van der Waals surface area contributed by atoms with Gasteiger partial charge in [-0.15, -0.1) is 197 Å². The van der Waals surface area contributed by atoms with Gasteiger partial charge in [0.1, 0.15) is 5.58 Å². The molecular formula is C110H98Ir4N6O5-6. The molecule has 0 unspecified atom stereocenters. The third-order valence-corrected chi connectivity index (χ3v) is 18.3. The van der Waals surface area contributed by atoms with E-state index < -0.39 is 0 Å². The molecule has 0 aliphatic carbocycles. The number of ketones is 2. The maximum atomic E-state index is 10.0. The van der Waals surface area contributed by atoms with Crippen LogP contribution >= 0.6 is 0 Å². The molecule has 17 rings (SSSR count). The van der Waals surface area contributed by atoms with Gasteiger partial charge in [-0.1, -0.05) is 201 Å². The van der Waals surface area contributed by atoms with Crippen LogP contribution < -0.4 is 0 Å². The first kappa shape index (κ1) is 102. The van der Waals surface area contributed by atoms with E-state index in [1.54, 1.807) is 12.4 Å². The van der Waals surface area contributed by atoms with Gasteiger partial charge in [0, 0.05) is 141 Å². The van der Waals surface area contributed by atoms with Crippen molar-refractivity contribution >= 4 is 33.5 Å². The van der Waals surface area contributed by atoms with Gasteiger partial charge in [-0.25, -0.2) is 0 Å². The Bertz CT molecular complexity index is 6040. The van der Waals surface area contributed by atoms with E-state index in [9.17, 15) is 9.59 Å². The van der Waals surface area contributed by atoms with Gasteiger partial charge >= 0.3 is 0 Å². The molecule has 125 heavy (non-hydrogen) atoms. The topological polar surface area (TPSA) is 165 Å². The molecule has 15 heteroatoms. The number of pyridine rings is 6. The van der Waals surface area contributed by atoms with Crippen LogP contribution in [0.5, 0.6) is 0 Å². The van der Waals surface area contributed by atoms with Crippen LogP contribution in [0.4, 0.5) is 0 Å². The summed E-state index contributed by atoms with van der Waals surface area (Å²) in [6.45, 7) is 20.7. The van der Waals surface area contributed by atoms with E-state index in [-0.39, 0.29) is 104 Å². The Morgan fingerprint density at radius 2 is 0.784 bits per heavy atom. The van der Waals surface area contributed by atoms with Crippen molar-refractivity contribution < 1.29 is 105 Å². The zero-order valence-electron chi connectivity index (χ0n) is 71.6. The van der Waals surface area contributed by atoms with Crippen LogP contribution in [0.3, 0.4) is 0 Å². The van der Waals surface area contributed by atoms with Crippen LogP contribution in [0.1, 0.15) is 81.8 Å². The molecule has 640 valence electrons. The molecule has 0 saturated carbocycles. The third kappa shape index (κ3) is 32.8. The molecule has 17 aromatic rings. The number of benzene rings is 10. The van der Waals surface area contributed by atoms with Gasteiger partial charge < -0.3 is 44.5 Å². The molecule has 0 amide bonds. The standard InChI is InChI=1S/C21H18NO.2C19H16N.C18H14N.C12H10N.C11H8N.2C5H8O2.4Ir/c1-14(2)13-15-7-5-8-16-17-9-6-10-18(21(17)23-20(15)16)19-11-3-4-12-22-19;1-14-10-15(2)12-18(11-14)17-8-9-20-19(13-17)16-6-4-3-5-7-16;1-2-15-13-19(17-11-7-4-8-12-17)20-14-18(15)16-9-5-3-6-10-16;1-14-10-11-18(19-13-14)17-9-5-8-16(12-17)15-6-3-2-4-7-15;1-10-7-8-12(13-9-10)11-5-3-2-4-6-11;1-2-6-10(7-3-1)11-8-4-5-9-12-11;2*1-4(6)3-5(2)7;;;;/h3-9,11-12,14H,13H2,1-2H3;3-6,8-13H,1-2H3;3-11,13-14H,2H2,1H3;2-8,10-13H,1H3;2-5,7-9H,1H3;1-6,8-9H;2*3,6H,1-2H3;;;;/q6*-1;;;;;;. The molecule has 10 aromatic carbocycles. The molecule has 0 spiro atoms. The summed E-state index contributed by atoms with van der Waals surface area (Å²) in [7, 11) is 0. The number of aromatic nitrogens is 6. The van der Waals surface area contributed by atoms with E-state index >= 15 is 0 Å². The largest absolute Gasteiger partial charge is 0.512 e. The minimum Gasteiger partial charge on any atom is -0.512 e. The molecule has 11 nitrogen and oxygen atoms in total. The number of furan rings is 1. The molecular weight excluding hydrogens is 2250 g/mol. The van der Waals surface area contributed by atoms with E-state index in [1.807, 2.05) is 208 Å². The van der Waals surface area contributed by atoms with Crippen molar-refractivity contribution in [1.82, 2.24) is 29.9 Å². The molecule has 2 N–H and O–H groups in total. The summed E-state index contributed by atoms with van der Waals surface area (Å²) in [5.41, 5.74) is 28.5. The minimum atomic E-state index is -0.125. The van der Waals surface area contributed by atoms with Gasteiger partial charge in [-0.3, -0.25) is 9.59 Å². The second-order valence-electron chi connectivity index (χ2n) is 29.0. The second kappa shape index (κ2) is 53.8. The van der Waals surface area contributed by atoms with Crippen molar-refractivity contribution in [2.75, 3.05) is 0 Å². The molecule has 0 saturated heterocycles. The first-order valence-corrected chi connectivity index (χ1v) is 40.1. The summed E-state index contributed by atoms with van der Waals surface area (Å²) < 4.78 is 6.30. The van der Waals surface area contributed by atoms with E-state index in [0.29, 0.717) is 5.92 Å². The molecule has 7 aromatic heterocycles. The zero-order valence-corrected chi connectivity index (χ0v) is 81.2. The Labute approximate surface area is 790 Å². The molecule has 0 aliphatic rings. The smallest absolute Gasteiger partial charge is 0.155 e. The first-order valence-electron chi connectivity index (χ1n) is 40.1. The number of hydrogen-bond donors (Lipinski definition) is 2. The van der Waals surface area contributed by atoms with Crippen molar-refractivity contribution in [2.45, 2.75) is 89.0 Å². The van der Waals surface area contributed by atoms with Crippen LogP contribution in [-0.2, 0) is 103 Å². The number of aliphatic hydroxyl groups excluding tert-OH is 2. The molecule has 0 atom stereocenters. The number of aliphatic hydroxyl groups is 2. The summed E-state index contributed by atoms with van der Waals surface area (Å²) in [5, 5.41) is 19.0. The molecule has 4 radical (unpaired) electrons. The second-order valence-corrected chi connectivity index (χ2v) is 29.0. The quantitative estimate of drug-likeness (QED) is 0.0605. The summed E-state index contributed by atoms with van der Waals surface area (Å²) in [5.74, 6) is 0.468. The predicted octanol–water partition coefficient (Wildman–Crippen LogP) is 27.3. The maximum absolute atomic E-state index is 10.0. The van der Waals surface area contributed by atoms with E-state index in [2.05, 4.69) is 234 Å². The number of nitrogens with zero attached hydrogens (tertiary/aromatic N) is 6. The van der Waals surface area contributed by atoms with Crippen molar-refractivity contribution in [3.63, 3.8) is 0 Å². The molecule has 7 heterocycles. The van der Waals surface area contributed by atoms with Crippen LogP contribution in [0.25, 0.3) is 123 Å². The number of carbonyl (C=O) groups excluding carboxylic acids is 2. The van der Waals surface area contributed by atoms with Gasteiger partial charge in [0.2, 0.25) is 0 Å². The molecule has 0 bridgehead atoms. The number of allylic oxidation sites excluding steroid dienone is 4. The maximum Gasteiger partial charge on any atom is 0.155 e. The minimum absolute atomic E-state index is 0. The number of rotatable bonds is 14. The monoisotopic (exact) mass is 2350 g/mol. The summed E-state index contributed by atoms with van der Waals surface area (Å²) in [4.78, 5) is 46.5. The molecule has 0 aliphatic heterocycles.